The second kappa shape index (κ2) is 6.84. The van der Waals surface area contributed by atoms with Crippen LogP contribution in [0.25, 0.3) is 12.2 Å². The number of ether oxygens (including phenoxy) is 1. The second-order valence-corrected chi connectivity index (χ2v) is 5.98. The minimum Gasteiger partial charge on any atom is -0.484 e. The summed E-state index contributed by atoms with van der Waals surface area (Å²) in [5.41, 5.74) is 11.8. The largest absolute Gasteiger partial charge is 0.484 e. The van der Waals surface area contributed by atoms with E-state index in [1.807, 2.05) is 18.2 Å². The van der Waals surface area contributed by atoms with Crippen molar-refractivity contribution in [2.75, 3.05) is 6.61 Å². The highest BCUT2D eigenvalue weighted by atomic mass is 16.5. The van der Waals surface area contributed by atoms with E-state index < -0.39 is 11.4 Å². The lowest BCUT2D eigenvalue weighted by Gasteiger charge is -2.17. The molecule has 1 aliphatic carbocycles. The molecule has 1 aromatic carbocycles. The lowest BCUT2D eigenvalue weighted by Crippen LogP contribution is -2.34. The van der Waals surface area contributed by atoms with E-state index in [-0.39, 0.29) is 6.61 Å². The van der Waals surface area contributed by atoms with Gasteiger partial charge in [0.25, 0.3) is 11.8 Å². The predicted octanol–water partition coefficient (Wildman–Crippen LogP) is 1.83. The van der Waals surface area contributed by atoms with Gasteiger partial charge in [0, 0.05) is 6.08 Å². The fourth-order valence-corrected chi connectivity index (χ4v) is 2.73. The van der Waals surface area contributed by atoms with Crippen LogP contribution < -0.4 is 16.2 Å². The third kappa shape index (κ3) is 3.80. The van der Waals surface area contributed by atoms with Crippen molar-refractivity contribution in [1.29, 1.82) is 0 Å². The molecule has 2 aromatic rings. The monoisotopic (exact) mass is 328 g/mol. The van der Waals surface area contributed by atoms with Gasteiger partial charge in [-0.1, -0.05) is 30.1 Å². The topological polar surface area (TPSA) is 117 Å². The van der Waals surface area contributed by atoms with Gasteiger partial charge in [-0.2, -0.15) is 4.98 Å². The average molecular weight is 328 g/mol. The normalized spacial score (nSPS) is 16.5. The minimum absolute atomic E-state index is 0.138. The number of hydrogen-bond acceptors (Lipinski definition) is 6. The molecule has 7 heteroatoms. The van der Waals surface area contributed by atoms with Gasteiger partial charge < -0.3 is 20.7 Å². The third-order valence-electron chi connectivity index (χ3n) is 4.06. The van der Waals surface area contributed by atoms with Crippen molar-refractivity contribution in [2.24, 2.45) is 11.5 Å². The van der Waals surface area contributed by atoms with Crippen LogP contribution in [0.5, 0.6) is 5.75 Å². The maximum atomic E-state index is 10.7. The third-order valence-corrected chi connectivity index (χ3v) is 4.06. The number of hydrogen-bond donors (Lipinski definition) is 2. The van der Waals surface area contributed by atoms with Gasteiger partial charge in [-0.05, 0) is 36.6 Å². The highest BCUT2D eigenvalue weighted by Gasteiger charge is 2.35. The van der Waals surface area contributed by atoms with E-state index >= 15 is 0 Å². The number of amides is 1. The van der Waals surface area contributed by atoms with Crippen molar-refractivity contribution in [1.82, 2.24) is 10.1 Å². The highest BCUT2D eigenvalue weighted by Crippen LogP contribution is 2.34. The van der Waals surface area contributed by atoms with Crippen LogP contribution in [-0.2, 0) is 10.3 Å². The smallest absolute Gasteiger partial charge is 0.255 e. The Morgan fingerprint density at radius 1 is 1.25 bits per heavy atom. The number of primary amides is 1. The van der Waals surface area contributed by atoms with Gasteiger partial charge in [0.05, 0.1) is 5.54 Å². The second-order valence-electron chi connectivity index (χ2n) is 5.98. The van der Waals surface area contributed by atoms with E-state index in [0.29, 0.717) is 17.5 Å². The summed E-state index contributed by atoms with van der Waals surface area (Å²) in [7, 11) is 0. The molecule has 0 unspecified atom stereocenters. The predicted molar refractivity (Wildman–Crippen MR) is 88.7 cm³/mol. The van der Waals surface area contributed by atoms with E-state index in [4.69, 9.17) is 20.7 Å². The Kier molecular flexibility index (Phi) is 4.61. The van der Waals surface area contributed by atoms with Gasteiger partial charge >= 0.3 is 0 Å². The molecular weight excluding hydrogens is 308 g/mol. The molecule has 7 nitrogen and oxygen atoms in total. The SMILES string of the molecule is NC(=O)COc1ccc(/C=C/c2nc(C3(N)CCCC3)no2)cc1. The van der Waals surface area contributed by atoms with Crippen LogP contribution in [0.3, 0.4) is 0 Å². The molecule has 0 saturated heterocycles. The molecule has 1 aromatic heterocycles. The molecule has 1 saturated carbocycles. The molecule has 126 valence electrons. The van der Waals surface area contributed by atoms with Crippen LogP contribution in [0, 0.1) is 0 Å². The molecule has 1 fully saturated rings. The number of benzene rings is 1. The van der Waals surface area contributed by atoms with Gasteiger partial charge in [-0.3, -0.25) is 4.79 Å². The van der Waals surface area contributed by atoms with Crippen molar-refractivity contribution < 1.29 is 14.1 Å². The van der Waals surface area contributed by atoms with E-state index in [2.05, 4.69) is 10.1 Å². The maximum Gasteiger partial charge on any atom is 0.255 e. The number of aromatic nitrogens is 2. The molecule has 0 radical (unpaired) electrons. The van der Waals surface area contributed by atoms with Crippen molar-refractivity contribution in [3.63, 3.8) is 0 Å². The molecule has 24 heavy (non-hydrogen) atoms. The van der Waals surface area contributed by atoms with E-state index in [9.17, 15) is 4.79 Å². The number of rotatable bonds is 6. The van der Waals surface area contributed by atoms with Crippen LogP contribution in [0.1, 0.15) is 43.0 Å². The van der Waals surface area contributed by atoms with Crippen LogP contribution in [0.4, 0.5) is 0 Å². The molecule has 0 bridgehead atoms. The summed E-state index contributed by atoms with van der Waals surface area (Å²) in [6.45, 7) is -0.138. The quantitative estimate of drug-likeness (QED) is 0.835. The minimum atomic E-state index is -0.508. The van der Waals surface area contributed by atoms with Crippen LogP contribution in [0.2, 0.25) is 0 Å². The van der Waals surface area contributed by atoms with Gasteiger partial charge in [0.15, 0.2) is 12.4 Å². The summed E-state index contributed by atoms with van der Waals surface area (Å²) in [4.78, 5) is 15.1. The zero-order chi connectivity index (χ0) is 17.0. The van der Waals surface area contributed by atoms with Gasteiger partial charge in [0.1, 0.15) is 5.75 Å². The summed E-state index contributed by atoms with van der Waals surface area (Å²) in [5, 5.41) is 4.01. The zero-order valence-electron chi connectivity index (χ0n) is 13.3. The average Bonchev–Trinajstić information content (AvgIpc) is 3.22. The maximum absolute atomic E-state index is 10.7. The van der Waals surface area contributed by atoms with Crippen molar-refractivity contribution in [3.05, 3.63) is 41.5 Å². The van der Waals surface area contributed by atoms with Crippen molar-refractivity contribution >= 4 is 18.1 Å². The molecule has 1 amide bonds. The summed E-state index contributed by atoms with van der Waals surface area (Å²) in [5.74, 6) is 1.08. The zero-order valence-corrected chi connectivity index (χ0v) is 13.3. The van der Waals surface area contributed by atoms with Crippen LogP contribution >= 0.6 is 0 Å². The van der Waals surface area contributed by atoms with Gasteiger partial charge in [0.2, 0.25) is 0 Å². The molecule has 1 heterocycles. The molecule has 0 spiro atoms. The Morgan fingerprint density at radius 3 is 2.62 bits per heavy atom. The number of nitrogens with two attached hydrogens (primary N) is 2. The van der Waals surface area contributed by atoms with E-state index in [1.165, 1.54) is 0 Å². The fourth-order valence-electron chi connectivity index (χ4n) is 2.73. The molecule has 1 aliphatic rings. The van der Waals surface area contributed by atoms with Gasteiger partial charge in [-0.25, -0.2) is 0 Å². The molecule has 0 atom stereocenters. The first-order valence-corrected chi connectivity index (χ1v) is 7.87. The first-order valence-electron chi connectivity index (χ1n) is 7.87. The highest BCUT2D eigenvalue weighted by molar-refractivity contribution is 5.75. The molecule has 3 rings (SSSR count). The lowest BCUT2D eigenvalue weighted by molar-refractivity contribution is -0.119. The summed E-state index contributed by atoms with van der Waals surface area (Å²) < 4.78 is 10.5. The van der Waals surface area contributed by atoms with Crippen molar-refractivity contribution in [2.45, 2.75) is 31.2 Å². The fraction of sp³-hybridized carbons (Fsp3) is 0.353. The Hall–Kier alpha value is -2.67. The van der Waals surface area contributed by atoms with E-state index in [0.717, 1.165) is 31.2 Å². The summed E-state index contributed by atoms with van der Waals surface area (Å²) in [6.07, 6.45) is 7.58. The number of carbonyl (C=O) groups excluding carboxylic acids is 1. The Balaban J connectivity index is 1.63. The Morgan fingerprint density at radius 2 is 1.96 bits per heavy atom. The first-order chi connectivity index (χ1) is 11.5. The first kappa shape index (κ1) is 16.2. The molecule has 4 N–H and O–H groups in total. The standard InChI is InChI=1S/C17H20N4O3/c18-14(22)11-23-13-6-3-12(4-7-13)5-8-15-20-16(21-24-15)17(19)9-1-2-10-17/h3-8H,1-2,9-11,19H2,(H2,18,22)/b8-5+. The van der Waals surface area contributed by atoms with E-state index in [1.54, 1.807) is 18.2 Å². The summed E-state index contributed by atoms with van der Waals surface area (Å²) in [6, 6.07) is 7.22. The van der Waals surface area contributed by atoms with Crippen LogP contribution in [0.15, 0.2) is 28.8 Å². The summed E-state index contributed by atoms with van der Waals surface area (Å²) >= 11 is 0. The molecular formula is C17H20N4O3. The number of nitrogens with zero attached hydrogens (tertiary/aromatic N) is 2. The Bertz CT molecular complexity index is 731. The lowest BCUT2D eigenvalue weighted by atomic mass is 9.99. The van der Waals surface area contributed by atoms with Crippen LogP contribution in [-0.4, -0.2) is 22.7 Å². The number of carbonyl (C=O) groups is 1. The van der Waals surface area contributed by atoms with Gasteiger partial charge in [-0.15, -0.1) is 0 Å². The van der Waals surface area contributed by atoms with Crippen molar-refractivity contribution in [3.8, 4) is 5.75 Å². The molecule has 0 aliphatic heterocycles. The Labute approximate surface area is 139 Å².